The van der Waals surface area contributed by atoms with E-state index in [-0.39, 0.29) is 22.4 Å². The third kappa shape index (κ3) is 12.8. The first-order valence-electron chi connectivity index (χ1n) is 19.1. The fourth-order valence-electron chi connectivity index (χ4n) is 7.52. The van der Waals surface area contributed by atoms with Crippen molar-refractivity contribution in [2.75, 3.05) is 38.6 Å². The van der Waals surface area contributed by atoms with Gasteiger partial charge in [-0.15, -0.1) is 0 Å². The normalized spacial score (nSPS) is 21.3. The van der Waals surface area contributed by atoms with Gasteiger partial charge in [-0.25, -0.2) is 14.5 Å². The third-order valence-electron chi connectivity index (χ3n) is 10.2. The number of nitrogens with zero attached hydrogens (tertiary/aromatic N) is 4. The zero-order valence-electron chi connectivity index (χ0n) is 32.9. The number of benzene rings is 3. The van der Waals surface area contributed by atoms with E-state index in [0.717, 1.165) is 36.2 Å². The fraction of sp³-hybridized carbons (Fsp3) is 0.524. The Kier molecular flexibility index (Phi) is 22.4. The van der Waals surface area contributed by atoms with Crippen LogP contribution in [0, 0.1) is 5.92 Å². The van der Waals surface area contributed by atoms with Gasteiger partial charge in [0.05, 0.1) is 11.7 Å². The Morgan fingerprint density at radius 1 is 0.788 bits per heavy atom. The van der Waals surface area contributed by atoms with Crippen molar-refractivity contribution in [1.82, 2.24) is 14.7 Å². The number of carbonyl (C=O) groups excluding carboxylic acids is 2. The van der Waals surface area contributed by atoms with Gasteiger partial charge in [-0.2, -0.15) is 0 Å². The molecule has 10 heteroatoms. The number of imide groups is 1. The van der Waals surface area contributed by atoms with E-state index < -0.39 is 6.04 Å². The van der Waals surface area contributed by atoms with Crippen LogP contribution < -0.4 is 4.90 Å². The maximum absolute atomic E-state index is 14.1. The van der Waals surface area contributed by atoms with Crippen molar-refractivity contribution in [2.45, 2.75) is 104 Å². The minimum absolute atomic E-state index is 0.186. The van der Waals surface area contributed by atoms with Crippen molar-refractivity contribution in [3.63, 3.8) is 0 Å². The van der Waals surface area contributed by atoms with E-state index in [0.29, 0.717) is 25.0 Å². The number of rotatable bonds is 5. The Balaban J connectivity index is 0.000000852. The van der Waals surface area contributed by atoms with Gasteiger partial charge in [0, 0.05) is 38.3 Å². The monoisotopic (exact) mass is 1090 g/mol. The number of hydrogen-bond acceptors (Lipinski definition) is 3. The summed E-state index contributed by atoms with van der Waals surface area (Å²) in [6.07, 6.45) is 6.84. The van der Waals surface area contributed by atoms with Gasteiger partial charge < -0.3 is 9.80 Å². The van der Waals surface area contributed by atoms with Gasteiger partial charge in [0.1, 0.15) is 0 Å². The first kappa shape index (κ1) is 47.3. The molecule has 4 amide bonds. The van der Waals surface area contributed by atoms with E-state index in [9.17, 15) is 9.59 Å². The number of carbonyl (C=O) groups is 2. The molecule has 1 saturated carbocycles. The SMILES string of the molecule is CC.CC.CC.CN1C(=O)N(C(=O)N2CCC(CN(C)C3CCC(C)(c4ccccc4)CC3)CC2)C(c2ccccc2)c2ccccc21.[I][V]([I])[I]. The Hall–Kier alpha value is -0.866. The predicted octanol–water partition coefficient (Wildman–Crippen LogP) is 13.0. The quantitative estimate of drug-likeness (QED) is 0.239. The summed E-state index contributed by atoms with van der Waals surface area (Å²) in [7, 11) is 4.05. The molecule has 0 N–H and O–H groups in total. The number of urea groups is 2. The molecular weight excluding hydrogens is 1020 g/mol. The van der Waals surface area contributed by atoms with Gasteiger partial charge in [0.25, 0.3) is 0 Å². The number of hydrogen-bond donors (Lipinski definition) is 0. The van der Waals surface area contributed by atoms with Crippen molar-refractivity contribution >= 4 is 77.7 Å². The summed E-state index contributed by atoms with van der Waals surface area (Å²) in [6.45, 7) is 16.9. The fourth-order valence-corrected chi connectivity index (χ4v) is 7.52. The molecule has 1 atom stereocenters. The standard InChI is InChI=1S/C36H44N4O2.3C2H6.3HI.V/c1-36(29-14-8-5-9-15-29)22-18-30(19-23-36)37(2)26-27-20-24-39(25-21-27)35(42)40-33(28-12-6-4-7-13-28)31-16-10-11-17-32(31)38(3)34(40)41;3*1-2;;;;/h4-17,27,30,33H,18-26H2,1-3H3;3*1-2H3;3*1H;/q;;;;;;;+3/p-3. The zero-order valence-corrected chi connectivity index (χ0v) is 40.7. The van der Waals surface area contributed by atoms with Gasteiger partial charge in [-0.1, -0.05) is 127 Å². The molecule has 288 valence electrons. The van der Waals surface area contributed by atoms with Crippen molar-refractivity contribution in [3.05, 3.63) is 102 Å². The molecule has 6 rings (SSSR count). The average molecular weight is 1090 g/mol. The van der Waals surface area contributed by atoms with Gasteiger partial charge in [-0.05, 0) is 74.1 Å². The van der Waals surface area contributed by atoms with Crippen LogP contribution in [0.25, 0.3) is 0 Å². The topological polar surface area (TPSA) is 47.1 Å². The van der Waals surface area contributed by atoms with Crippen molar-refractivity contribution in [3.8, 4) is 0 Å². The summed E-state index contributed by atoms with van der Waals surface area (Å²) >= 11 is 7.39. The summed E-state index contributed by atoms with van der Waals surface area (Å²) in [5.74, 6) is 0.562. The molecule has 2 fully saturated rings. The van der Waals surface area contributed by atoms with E-state index in [1.807, 2.05) is 101 Å². The molecule has 52 heavy (non-hydrogen) atoms. The van der Waals surface area contributed by atoms with Crippen LogP contribution in [-0.2, 0) is 10.3 Å². The molecule has 1 aliphatic carbocycles. The molecule has 0 bridgehead atoms. The van der Waals surface area contributed by atoms with Crippen LogP contribution >= 0.6 is 59.9 Å². The van der Waals surface area contributed by atoms with Gasteiger partial charge >= 0.3 is 76.9 Å². The van der Waals surface area contributed by atoms with Gasteiger partial charge in [0.2, 0.25) is 0 Å². The first-order valence-corrected chi connectivity index (χ1v) is 32.6. The predicted molar refractivity (Wildman–Crippen MR) is 245 cm³/mol. The van der Waals surface area contributed by atoms with E-state index in [2.05, 4.69) is 109 Å². The molecule has 3 aromatic rings. The number of para-hydroxylation sites is 1. The van der Waals surface area contributed by atoms with Crippen LogP contribution in [0.1, 0.15) is 110 Å². The molecule has 2 aliphatic heterocycles. The second-order valence-electron chi connectivity index (χ2n) is 13.1. The van der Waals surface area contributed by atoms with Crippen LogP contribution in [0.15, 0.2) is 84.9 Å². The van der Waals surface area contributed by atoms with E-state index in [4.69, 9.17) is 0 Å². The summed E-state index contributed by atoms with van der Waals surface area (Å²) in [5, 5.41) is 0. The molecule has 2 heterocycles. The molecule has 3 aliphatic rings. The molecule has 1 unspecified atom stereocenters. The van der Waals surface area contributed by atoms with Crippen molar-refractivity contribution < 1.29 is 14.5 Å². The molecule has 1 saturated heterocycles. The Bertz CT molecular complexity index is 1450. The number of amides is 4. The molecule has 0 spiro atoms. The summed E-state index contributed by atoms with van der Waals surface area (Å²) < 4.78 is 0. The Morgan fingerprint density at radius 2 is 1.27 bits per heavy atom. The van der Waals surface area contributed by atoms with E-state index in [1.54, 1.807) is 11.9 Å². The zero-order chi connectivity index (χ0) is 38.8. The minimum atomic E-state index is -0.435. The summed E-state index contributed by atoms with van der Waals surface area (Å²) in [4.78, 5) is 35.0. The third-order valence-corrected chi connectivity index (χ3v) is 10.2. The van der Waals surface area contributed by atoms with Crippen LogP contribution in [0.2, 0.25) is 0 Å². The number of halogens is 3. The van der Waals surface area contributed by atoms with E-state index >= 15 is 0 Å². The van der Waals surface area contributed by atoms with Gasteiger partial charge in [-0.3, -0.25) is 4.90 Å². The Labute approximate surface area is 353 Å². The summed E-state index contributed by atoms with van der Waals surface area (Å²) in [5.41, 5.74) is 4.54. The second kappa shape index (κ2) is 24.6. The molecule has 3 aromatic carbocycles. The number of piperidine rings is 1. The molecule has 6 nitrogen and oxygen atoms in total. The van der Waals surface area contributed by atoms with Crippen LogP contribution in [0.3, 0.4) is 0 Å². The molecule has 0 aromatic heterocycles. The first-order chi connectivity index (χ1) is 25.1. The van der Waals surface area contributed by atoms with E-state index in [1.165, 1.54) is 36.1 Å². The van der Waals surface area contributed by atoms with Crippen molar-refractivity contribution in [2.24, 2.45) is 5.92 Å². The van der Waals surface area contributed by atoms with Crippen LogP contribution in [0.5, 0.6) is 0 Å². The number of fused-ring (bicyclic) bond motifs is 1. The molecule has 0 radical (unpaired) electrons. The number of likely N-dealkylation sites (tertiary alicyclic amines) is 1. The summed E-state index contributed by atoms with van der Waals surface area (Å²) in [6, 6.07) is 28.6. The Morgan fingerprint density at radius 3 is 1.81 bits per heavy atom. The maximum atomic E-state index is 14.1. The van der Waals surface area contributed by atoms with Crippen molar-refractivity contribution in [1.29, 1.82) is 0 Å². The van der Waals surface area contributed by atoms with Crippen LogP contribution in [-0.4, -0.2) is 66.5 Å². The van der Waals surface area contributed by atoms with Crippen LogP contribution in [0.4, 0.5) is 15.3 Å². The van der Waals surface area contributed by atoms with Gasteiger partial charge in [0.15, 0.2) is 0 Å². The molecular formula is C42H62I3N4O2V. The number of anilines is 1. The second-order valence-corrected chi connectivity index (χ2v) is 48.5. The average Bonchev–Trinajstić information content (AvgIpc) is 3.19.